The van der Waals surface area contributed by atoms with Gasteiger partial charge >= 0.3 is 0 Å². The van der Waals surface area contributed by atoms with Crippen LogP contribution in [0.2, 0.25) is 0 Å². The van der Waals surface area contributed by atoms with Crippen LogP contribution in [0, 0.1) is 17.7 Å². The second kappa shape index (κ2) is 6.06. The number of halogens is 1. The fourth-order valence-electron chi connectivity index (χ4n) is 1.46. The van der Waals surface area contributed by atoms with Crippen molar-refractivity contribution >= 4 is 11.8 Å². The zero-order chi connectivity index (χ0) is 12.1. The Morgan fingerprint density at radius 3 is 2.94 bits per heavy atom. The second-order valence-corrected chi connectivity index (χ2v) is 5.07. The van der Waals surface area contributed by atoms with Gasteiger partial charge in [-0.05, 0) is 17.7 Å². The van der Waals surface area contributed by atoms with E-state index < -0.39 is 0 Å². The molecule has 0 radical (unpaired) electrons. The van der Waals surface area contributed by atoms with Crippen molar-refractivity contribution in [3.63, 3.8) is 0 Å². The third-order valence-electron chi connectivity index (χ3n) is 2.48. The van der Waals surface area contributed by atoms with Gasteiger partial charge in [0.25, 0.3) is 0 Å². The van der Waals surface area contributed by atoms with Crippen LogP contribution < -0.4 is 5.73 Å². The van der Waals surface area contributed by atoms with E-state index in [9.17, 15) is 4.39 Å². The highest BCUT2D eigenvalue weighted by Crippen LogP contribution is 2.25. The Bertz CT molecular complexity index is 448. The van der Waals surface area contributed by atoms with Gasteiger partial charge in [-0.15, -0.1) is 11.8 Å². The first kappa shape index (κ1) is 12.4. The molecule has 1 aliphatic heterocycles. The molecule has 0 aliphatic carbocycles. The molecule has 4 heteroatoms. The minimum atomic E-state index is -0.257. The minimum absolute atomic E-state index is 0.257. The van der Waals surface area contributed by atoms with Gasteiger partial charge in [0.15, 0.2) is 0 Å². The Hall–Kier alpha value is -1.02. The Morgan fingerprint density at radius 1 is 1.47 bits per heavy atom. The molecule has 0 bridgehead atoms. The summed E-state index contributed by atoms with van der Waals surface area (Å²) in [6.07, 6.45) is 0. The molecule has 1 aliphatic rings. The average Bonchev–Trinajstić information content (AvgIpc) is 2.26. The van der Waals surface area contributed by atoms with Crippen LogP contribution in [0.15, 0.2) is 18.2 Å². The maximum absolute atomic E-state index is 13.1. The zero-order valence-electron chi connectivity index (χ0n) is 9.41. The molecule has 0 unspecified atom stereocenters. The topological polar surface area (TPSA) is 35.2 Å². The summed E-state index contributed by atoms with van der Waals surface area (Å²) in [4.78, 5) is 0. The normalized spacial score (nSPS) is 14.9. The van der Waals surface area contributed by atoms with Crippen molar-refractivity contribution in [2.24, 2.45) is 5.73 Å². The molecular weight excluding hydrogens is 237 g/mol. The summed E-state index contributed by atoms with van der Waals surface area (Å²) < 4.78 is 18.2. The summed E-state index contributed by atoms with van der Waals surface area (Å²) >= 11 is 1.82. The van der Waals surface area contributed by atoms with Crippen molar-refractivity contribution < 1.29 is 9.13 Å². The molecule has 2 N–H and O–H groups in total. The molecule has 1 aromatic rings. The SMILES string of the molecule is NCC#Cc1cc(F)ccc1CSC1COC1. The van der Waals surface area contributed by atoms with E-state index in [0.717, 1.165) is 30.1 Å². The molecule has 17 heavy (non-hydrogen) atoms. The van der Waals surface area contributed by atoms with Crippen molar-refractivity contribution in [2.75, 3.05) is 19.8 Å². The molecule has 1 aromatic carbocycles. The Balaban J connectivity index is 2.07. The quantitative estimate of drug-likeness (QED) is 0.832. The van der Waals surface area contributed by atoms with Crippen molar-refractivity contribution in [1.82, 2.24) is 0 Å². The minimum Gasteiger partial charge on any atom is -0.379 e. The summed E-state index contributed by atoms with van der Waals surface area (Å²) in [6.45, 7) is 1.92. The van der Waals surface area contributed by atoms with E-state index in [1.807, 2.05) is 11.8 Å². The highest BCUT2D eigenvalue weighted by atomic mass is 32.2. The first-order chi connectivity index (χ1) is 8.29. The van der Waals surface area contributed by atoms with Gasteiger partial charge in [0.2, 0.25) is 0 Å². The lowest BCUT2D eigenvalue weighted by Gasteiger charge is -2.25. The molecule has 90 valence electrons. The summed E-state index contributed by atoms with van der Waals surface area (Å²) in [7, 11) is 0. The van der Waals surface area contributed by atoms with Crippen molar-refractivity contribution in [3.05, 3.63) is 35.1 Å². The van der Waals surface area contributed by atoms with Crippen LogP contribution in [-0.4, -0.2) is 25.0 Å². The number of thioether (sulfide) groups is 1. The third-order valence-corrected chi connectivity index (χ3v) is 3.70. The van der Waals surface area contributed by atoms with Gasteiger partial charge in [0.05, 0.1) is 25.0 Å². The number of benzene rings is 1. The molecule has 0 atom stereocenters. The molecule has 2 nitrogen and oxygen atoms in total. The predicted molar refractivity (Wildman–Crippen MR) is 68.2 cm³/mol. The van der Waals surface area contributed by atoms with Crippen LogP contribution in [-0.2, 0) is 10.5 Å². The first-order valence-corrected chi connectivity index (χ1v) is 6.51. The van der Waals surface area contributed by atoms with E-state index in [2.05, 4.69) is 11.8 Å². The van der Waals surface area contributed by atoms with E-state index in [-0.39, 0.29) is 5.82 Å². The van der Waals surface area contributed by atoms with Crippen LogP contribution in [0.25, 0.3) is 0 Å². The number of hydrogen-bond acceptors (Lipinski definition) is 3. The molecule has 1 heterocycles. The van der Waals surface area contributed by atoms with Gasteiger partial charge in [-0.1, -0.05) is 17.9 Å². The highest BCUT2D eigenvalue weighted by Gasteiger charge is 2.18. The lowest BCUT2D eigenvalue weighted by molar-refractivity contribution is 0.0455. The van der Waals surface area contributed by atoms with Crippen molar-refractivity contribution in [2.45, 2.75) is 11.0 Å². The fraction of sp³-hybridized carbons (Fsp3) is 0.385. The van der Waals surface area contributed by atoms with Crippen LogP contribution in [0.4, 0.5) is 4.39 Å². The standard InChI is InChI=1S/C13H14FNOS/c14-12-4-3-11(9-17-13-7-16-8-13)10(6-12)2-1-5-15/h3-4,6,13H,5,7-9,15H2. The number of rotatable bonds is 3. The smallest absolute Gasteiger partial charge is 0.124 e. The van der Waals surface area contributed by atoms with E-state index in [1.54, 1.807) is 6.07 Å². The monoisotopic (exact) mass is 251 g/mol. The van der Waals surface area contributed by atoms with Gasteiger partial charge in [-0.2, -0.15) is 0 Å². The summed E-state index contributed by atoms with van der Waals surface area (Å²) in [5.41, 5.74) is 7.13. The summed E-state index contributed by atoms with van der Waals surface area (Å²) in [5, 5.41) is 0.565. The molecule has 0 amide bonds. The molecule has 1 saturated heterocycles. The van der Waals surface area contributed by atoms with Gasteiger partial charge in [-0.3, -0.25) is 0 Å². The molecule has 0 spiro atoms. The van der Waals surface area contributed by atoms with Crippen molar-refractivity contribution in [3.8, 4) is 11.8 Å². The summed E-state index contributed by atoms with van der Waals surface area (Å²) in [5.74, 6) is 6.26. The Kier molecular flexibility index (Phi) is 4.43. The van der Waals surface area contributed by atoms with Crippen molar-refractivity contribution in [1.29, 1.82) is 0 Å². The molecule has 0 saturated carbocycles. The molecular formula is C13H14FNOS. The second-order valence-electron chi connectivity index (χ2n) is 3.78. The Labute approximate surface area is 105 Å². The van der Waals surface area contributed by atoms with Crippen LogP contribution in [0.5, 0.6) is 0 Å². The number of nitrogens with two attached hydrogens (primary N) is 1. The van der Waals surface area contributed by atoms with Gasteiger partial charge in [0.1, 0.15) is 5.82 Å². The Morgan fingerprint density at radius 2 is 2.29 bits per heavy atom. The third kappa shape index (κ3) is 3.47. The average molecular weight is 251 g/mol. The first-order valence-electron chi connectivity index (χ1n) is 5.46. The van der Waals surface area contributed by atoms with E-state index in [4.69, 9.17) is 10.5 Å². The lowest BCUT2D eigenvalue weighted by atomic mass is 10.1. The van der Waals surface area contributed by atoms with Gasteiger partial charge in [0, 0.05) is 11.3 Å². The van der Waals surface area contributed by atoms with E-state index in [1.165, 1.54) is 12.1 Å². The van der Waals surface area contributed by atoms with Gasteiger partial charge in [-0.25, -0.2) is 4.39 Å². The predicted octanol–water partition coefficient (Wildman–Crippen LogP) is 1.77. The molecule has 1 fully saturated rings. The van der Waals surface area contributed by atoms with Gasteiger partial charge < -0.3 is 10.5 Å². The maximum Gasteiger partial charge on any atom is 0.124 e. The number of ether oxygens (including phenoxy) is 1. The summed E-state index contributed by atoms with van der Waals surface area (Å²) in [6, 6.07) is 4.74. The molecule has 0 aromatic heterocycles. The molecule has 2 rings (SSSR count). The zero-order valence-corrected chi connectivity index (χ0v) is 10.2. The van der Waals surface area contributed by atoms with E-state index in [0.29, 0.717) is 11.8 Å². The van der Waals surface area contributed by atoms with Crippen LogP contribution >= 0.6 is 11.8 Å². The fourth-order valence-corrected chi connectivity index (χ4v) is 2.51. The number of hydrogen-bond donors (Lipinski definition) is 1. The lowest BCUT2D eigenvalue weighted by Crippen LogP contribution is -2.30. The highest BCUT2D eigenvalue weighted by molar-refractivity contribution is 7.99. The maximum atomic E-state index is 13.1. The van der Waals surface area contributed by atoms with Crippen LogP contribution in [0.3, 0.4) is 0 Å². The largest absolute Gasteiger partial charge is 0.379 e. The van der Waals surface area contributed by atoms with Crippen LogP contribution in [0.1, 0.15) is 11.1 Å². The van der Waals surface area contributed by atoms with E-state index >= 15 is 0 Å².